The van der Waals surface area contributed by atoms with Gasteiger partial charge in [-0.15, -0.1) is 0 Å². The lowest BCUT2D eigenvalue weighted by Gasteiger charge is -2.07. The fourth-order valence-electron chi connectivity index (χ4n) is 1.30. The highest BCUT2D eigenvalue weighted by Crippen LogP contribution is 2.23. The quantitative estimate of drug-likeness (QED) is 0.449. The zero-order valence-electron chi connectivity index (χ0n) is 8.42. The lowest BCUT2D eigenvalue weighted by Crippen LogP contribution is -2.18. The van der Waals surface area contributed by atoms with Crippen molar-refractivity contribution < 1.29 is 26.7 Å². The van der Waals surface area contributed by atoms with E-state index in [1.54, 1.807) is 0 Å². The molecule has 2 rings (SSSR count). The van der Waals surface area contributed by atoms with Crippen LogP contribution in [0.2, 0.25) is 0 Å². The number of nitrogens with zero attached hydrogens (tertiary/aromatic N) is 2. The second kappa shape index (κ2) is 4.21. The molecule has 1 aromatic carbocycles. The van der Waals surface area contributed by atoms with Gasteiger partial charge in [0.05, 0.1) is 0 Å². The third-order valence-corrected chi connectivity index (χ3v) is 2.16. The second-order valence-corrected chi connectivity index (χ2v) is 3.22. The highest BCUT2D eigenvalue weighted by molar-refractivity contribution is 5.96. The van der Waals surface area contributed by atoms with Crippen molar-refractivity contribution in [3.05, 3.63) is 53.4 Å². The molecule has 0 aliphatic heterocycles. The minimum absolute atomic E-state index is 0.596. The first kappa shape index (κ1) is 12.2. The molecule has 1 heterocycles. The molecule has 0 saturated carbocycles. The van der Waals surface area contributed by atoms with Crippen molar-refractivity contribution >= 4 is 5.91 Å². The number of halogens is 5. The Hall–Kier alpha value is -2.25. The number of carbonyl (C=O) groups is 1. The predicted molar refractivity (Wildman–Crippen MR) is 48.2 cm³/mol. The summed E-state index contributed by atoms with van der Waals surface area (Å²) in [5.74, 6) is -12.4. The number of hydrogen-bond acceptors (Lipinski definition) is 2. The summed E-state index contributed by atoms with van der Waals surface area (Å²) < 4.78 is 65.6. The molecule has 0 atom stereocenters. The van der Waals surface area contributed by atoms with Gasteiger partial charge in [-0.05, 0) is 0 Å². The summed E-state index contributed by atoms with van der Waals surface area (Å²) >= 11 is 0. The van der Waals surface area contributed by atoms with Crippen molar-refractivity contribution in [1.29, 1.82) is 0 Å². The molecule has 3 nitrogen and oxygen atoms in total. The molecule has 0 aliphatic rings. The molecule has 94 valence electrons. The van der Waals surface area contributed by atoms with Gasteiger partial charge < -0.3 is 0 Å². The summed E-state index contributed by atoms with van der Waals surface area (Å²) in [5.41, 5.74) is -1.52. The number of rotatable bonds is 1. The van der Waals surface area contributed by atoms with Gasteiger partial charge in [0.15, 0.2) is 23.3 Å². The number of imidazole rings is 1. The Labute approximate surface area is 96.5 Å². The predicted octanol–water partition coefficient (Wildman–Crippen LogP) is 2.27. The summed E-state index contributed by atoms with van der Waals surface area (Å²) in [6.45, 7) is 0. The molecule has 0 amide bonds. The van der Waals surface area contributed by atoms with Crippen molar-refractivity contribution in [2.75, 3.05) is 0 Å². The Balaban J connectivity index is 2.69. The molecule has 0 fully saturated rings. The fraction of sp³-hybridized carbons (Fsp3) is 0. The minimum Gasteiger partial charge on any atom is -0.272 e. The maximum Gasteiger partial charge on any atom is 0.269 e. The first-order valence-electron chi connectivity index (χ1n) is 4.49. The normalized spacial score (nSPS) is 10.7. The van der Waals surface area contributed by atoms with E-state index in [1.165, 1.54) is 0 Å². The maximum atomic E-state index is 13.3. The number of benzene rings is 1. The van der Waals surface area contributed by atoms with E-state index < -0.39 is 40.6 Å². The highest BCUT2D eigenvalue weighted by atomic mass is 19.2. The average molecular weight is 262 g/mol. The summed E-state index contributed by atoms with van der Waals surface area (Å²) in [6.07, 6.45) is 3.00. The summed E-state index contributed by atoms with van der Waals surface area (Å²) in [4.78, 5) is 15.0. The molecule has 0 saturated heterocycles. The van der Waals surface area contributed by atoms with Gasteiger partial charge in [0.2, 0.25) is 5.82 Å². The highest BCUT2D eigenvalue weighted by Gasteiger charge is 2.30. The van der Waals surface area contributed by atoms with Crippen molar-refractivity contribution in [1.82, 2.24) is 9.55 Å². The van der Waals surface area contributed by atoms with Crippen LogP contribution >= 0.6 is 0 Å². The third-order valence-electron chi connectivity index (χ3n) is 2.16. The molecule has 18 heavy (non-hydrogen) atoms. The Morgan fingerprint density at radius 3 is 1.89 bits per heavy atom. The van der Waals surface area contributed by atoms with Crippen molar-refractivity contribution in [2.24, 2.45) is 0 Å². The van der Waals surface area contributed by atoms with E-state index in [0.717, 1.165) is 18.7 Å². The van der Waals surface area contributed by atoms with Gasteiger partial charge in [-0.2, -0.15) is 0 Å². The van der Waals surface area contributed by atoms with E-state index in [-0.39, 0.29) is 0 Å². The van der Waals surface area contributed by atoms with Crippen molar-refractivity contribution in [2.45, 2.75) is 0 Å². The fourth-order valence-corrected chi connectivity index (χ4v) is 1.30. The van der Waals surface area contributed by atoms with Crippen LogP contribution in [0.3, 0.4) is 0 Å². The Morgan fingerprint density at radius 1 is 0.944 bits per heavy atom. The molecule has 2 aromatic rings. The van der Waals surface area contributed by atoms with Crippen LogP contribution in [-0.4, -0.2) is 15.5 Å². The van der Waals surface area contributed by atoms with Crippen LogP contribution in [0, 0.1) is 29.1 Å². The van der Waals surface area contributed by atoms with Crippen molar-refractivity contribution in [3.8, 4) is 0 Å². The van der Waals surface area contributed by atoms with Gasteiger partial charge in [-0.3, -0.25) is 9.36 Å². The van der Waals surface area contributed by atoms with Gasteiger partial charge in [-0.1, -0.05) is 0 Å². The van der Waals surface area contributed by atoms with E-state index >= 15 is 0 Å². The van der Waals surface area contributed by atoms with Gasteiger partial charge in [-0.25, -0.2) is 26.9 Å². The molecule has 0 radical (unpaired) electrons. The lowest BCUT2D eigenvalue weighted by atomic mass is 10.1. The standard InChI is InChI=1S/C10H3F5N2O/c11-5-4(10(18)17-2-1-16-3-17)6(12)8(14)9(15)7(5)13/h1-3H. The van der Waals surface area contributed by atoms with E-state index in [9.17, 15) is 26.7 Å². The minimum atomic E-state index is -2.31. The first-order valence-corrected chi connectivity index (χ1v) is 4.49. The smallest absolute Gasteiger partial charge is 0.269 e. The van der Waals surface area contributed by atoms with Crippen molar-refractivity contribution in [3.63, 3.8) is 0 Å². The molecular weight excluding hydrogens is 259 g/mol. The largest absolute Gasteiger partial charge is 0.272 e. The van der Waals surface area contributed by atoms with Gasteiger partial charge in [0.25, 0.3) is 5.91 Å². The molecule has 0 unspecified atom stereocenters. The van der Waals surface area contributed by atoms with E-state index in [1.807, 2.05) is 0 Å². The van der Waals surface area contributed by atoms with Gasteiger partial charge in [0, 0.05) is 12.4 Å². The zero-order chi connectivity index (χ0) is 13.4. The van der Waals surface area contributed by atoms with Crippen LogP contribution in [0.1, 0.15) is 10.4 Å². The van der Waals surface area contributed by atoms with E-state index in [0.29, 0.717) is 4.57 Å². The lowest BCUT2D eigenvalue weighted by molar-refractivity contribution is 0.0948. The third kappa shape index (κ3) is 1.66. The Bertz CT molecular complexity index is 595. The van der Waals surface area contributed by atoms with Crippen LogP contribution in [0.25, 0.3) is 0 Å². The molecule has 8 heteroatoms. The van der Waals surface area contributed by atoms with Crippen LogP contribution in [0.5, 0.6) is 0 Å². The monoisotopic (exact) mass is 262 g/mol. The average Bonchev–Trinajstić information content (AvgIpc) is 2.88. The number of carbonyl (C=O) groups excluding carboxylic acids is 1. The summed E-state index contributed by atoms with van der Waals surface area (Å²) in [5, 5.41) is 0. The molecular formula is C10H3F5N2O. The molecule has 0 N–H and O–H groups in total. The summed E-state index contributed by atoms with van der Waals surface area (Å²) in [7, 11) is 0. The maximum absolute atomic E-state index is 13.3. The Morgan fingerprint density at radius 2 is 1.44 bits per heavy atom. The second-order valence-electron chi connectivity index (χ2n) is 3.22. The summed E-state index contributed by atoms with van der Waals surface area (Å²) in [6, 6.07) is 0. The van der Waals surface area contributed by atoms with Gasteiger partial charge >= 0.3 is 0 Å². The van der Waals surface area contributed by atoms with Crippen LogP contribution in [-0.2, 0) is 0 Å². The SMILES string of the molecule is O=C(c1c(F)c(F)c(F)c(F)c1F)n1ccnc1. The Kier molecular flexibility index (Phi) is 2.85. The molecule has 1 aromatic heterocycles. The van der Waals surface area contributed by atoms with Crippen LogP contribution in [0.15, 0.2) is 18.7 Å². The number of hydrogen-bond donors (Lipinski definition) is 0. The van der Waals surface area contributed by atoms with Crippen LogP contribution in [0.4, 0.5) is 22.0 Å². The number of aromatic nitrogens is 2. The zero-order valence-corrected chi connectivity index (χ0v) is 8.42. The molecule has 0 spiro atoms. The molecule has 0 aliphatic carbocycles. The first-order chi connectivity index (χ1) is 8.45. The molecule has 0 bridgehead atoms. The van der Waals surface area contributed by atoms with E-state index in [4.69, 9.17) is 0 Å². The topological polar surface area (TPSA) is 34.9 Å². The van der Waals surface area contributed by atoms with E-state index in [2.05, 4.69) is 4.98 Å². The van der Waals surface area contributed by atoms with Gasteiger partial charge in [0.1, 0.15) is 11.9 Å². The van der Waals surface area contributed by atoms with Crippen LogP contribution < -0.4 is 0 Å².